The number of piperidine rings is 1. The molecule has 3 heterocycles. The third-order valence-corrected chi connectivity index (χ3v) is 5.18. The van der Waals surface area contributed by atoms with E-state index in [1.54, 1.807) is 30.2 Å². The molecule has 2 aromatic heterocycles. The summed E-state index contributed by atoms with van der Waals surface area (Å²) in [4.78, 5) is 39.9. The van der Waals surface area contributed by atoms with E-state index in [1.807, 2.05) is 0 Å². The third kappa shape index (κ3) is 4.33. The van der Waals surface area contributed by atoms with Crippen LogP contribution in [0.25, 0.3) is 16.7 Å². The van der Waals surface area contributed by atoms with E-state index in [9.17, 15) is 9.59 Å². The number of rotatable bonds is 7. The quantitative estimate of drug-likeness (QED) is 0.343. The minimum atomic E-state index is -0.296. The summed E-state index contributed by atoms with van der Waals surface area (Å²) in [6.45, 7) is 5.57. The van der Waals surface area contributed by atoms with Gasteiger partial charge in [-0.1, -0.05) is 6.58 Å². The second-order valence-electron chi connectivity index (χ2n) is 7.24. The number of anilines is 1. The molecule has 1 saturated heterocycles. The second kappa shape index (κ2) is 9.09. The van der Waals surface area contributed by atoms with E-state index in [-0.39, 0.29) is 23.3 Å². The maximum Gasteiger partial charge on any atom is 0.269 e. The lowest BCUT2D eigenvalue weighted by atomic mass is 10.1. The van der Waals surface area contributed by atoms with Crippen LogP contribution in [0.2, 0.25) is 0 Å². The van der Waals surface area contributed by atoms with E-state index in [0.29, 0.717) is 48.9 Å². The van der Waals surface area contributed by atoms with Crippen molar-refractivity contribution in [3.05, 3.63) is 47.5 Å². The zero-order chi connectivity index (χ0) is 21.8. The number of methoxy groups -OCH3 is 1. The summed E-state index contributed by atoms with van der Waals surface area (Å²) in [6.07, 6.45) is 4.38. The molecule has 1 aromatic carbocycles. The highest BCUT2D eigenvalue weighted by molar-refractivity contribution is 5.87. The molecule has 10 nitrogen and oxygen atoms in total. The second-order valence-corrected chi connectivity index (χ2v) is 7.24. The molecule has 0 saturated carbocycles. The molecule has 1 atom stereocenters. The molecular weight excluding hydrogens is 400 g/mol. The van der Waals surface area contributed by atoms with Crippen LogP contribution in [0.15, 0.2) is 42.0 Å². The molecule has 0 bridgehead atoms. The molecular formula is C21H24N6O4. The third-order valence-electron chi connectivity index (χ3n) is 5.18. The Balaban J connectivity index is 1.68. The van der Waals surface area contributed by atoms with E-state index < -0.39 is 0 Å². The minimum Gasteiger partial charge on any atom is -0.491 e. The predicted octanol–water partition coefficient (Wildman–Crippen LogP) is 1.25. The van der Waals surface area contributed by atoms with E-state index in [2.05, 4.69) is 26.8 Å². The van der Waals surface area contributed by atoms with Crippen LogP contribution in [-0.4, -0.2) is 69.6 Å². The fourth-order valence-corrected chi connectivity index (χ4v) is 3.66. The van der Waals surface area contributed by atoms with Crippen LogP contribution < -0.4 is 15.6 Å². The summed E-state index contributed by atoms with van der Waals surface area (Å²) in [7, 11) is 1.60. The Bertz CT molecular complexity index is 1180. The Morgan fingerprint density at radius 1 is 1.35 bits per heavy atom. The Morgan fingerprint density at radius 3 is 3.03 bits per heavy atom. The molecule has 162 valence electrons. The van der Waals surface area contributed by atoms with Gasteiger partial charge in [-0.05, 0) is 37.1 Å². The first-order valence-corrected chi connectivity index (χ1v) is 10.1. The maximum atomic E-state index is 13.3. The molecule has 1 fully saturated rings. The van der Waals surface area contributed by atoms with Crippen LogP contribution in [-0.2, 0) is 9.53 Å². The zero-order valence-electron chi connectivity index (χ0n) is 17.3. The number of benzene rings is 1. The van der Waals surface area contributed by atoms with Gasteiger partial charge >= 0.3 is 0 Å². The molecule has 0 radical (unpaired) electrons. The van der Waals surface area contributed by atoms with Gasteiger partial charge in [0.25, 0.3) is 5.56 Å². The van der Waals surface area contributed by atoms with Crippen molar-refractivity contribution in [3.63, 3.8) is 0 Å². The summed E-state index contributed by atoms with van der Waals surface area (Å²) >= 11 is 0. The number of likely N-dealkylation sites (tertiary alicyclic amines) is 1. The highest BCUT2D eigenvalue weighted by atomic mass is 16.5. The summed E-state index contributed by atoms with van der Waals surface area (Å²) < 4.78 is 12.0. The first kappa shape index (κ1) is 20.7. The normalized spacial score (nSPS) is 16.4. The number of amides is 1. The average molecular weight is 424 g/mol. The minimum absolute atomic E-state index is 0.0536. The van der Waals surface area contributed by atoms with Crippen LogP contribution in [0.4, 0.5) is 5.95 Å². The van der Waals surface area contributed by atoms with E-state index in [4.69, 9.17) is 9.47 Å². The largest absolute Gasteiger partial charge is 0.491 e. The summed E-state index contributed by atoms with van der Waals surface area (Å²) in [5, 5.41) is 3.69. The van der Waals surface area contributed by atoms with Crippen molar-refractivity contribution in [2.75, 3.05) is 38.7 Å². The van der Waals surface area contributed by atoms with Crippen LogP contribution >= 0.6 is 0 Å². The number of carbonyl (C=O) groups excluding carboxylic acids is 1. The molecule has 1 amide bonds. The van der Waals surface area contributed by atoms with Gasteiger partial charge < -0.3 is 19.7 Å². The van der Waals surface area contributed by atoms with E-state index in [1.165, 1.54) is 16.8 Å². The molecule has 1 aliphatic rings. The molecule has 1 N–H and O–H groups in total. The number of hydrogen-bond acceptors (Lipinski definition) is 8. The number of carbonyl (C=O) groups is 1. The van der Waals surface area contributed by atoms with E-state index >= 15 is 0 Å². The monoisotopic (exact) mass is 424 g/mol. The Hall–Kier alpha value is -3.53. The number of ether oxygens (including phenoxy) is 2. The standard InChI is InChI=1S/C21H24N6O4/c1-3-18(28)26-8-4-5-14(12-26)24-20-22-13-23-21-25-17-7-6-15(31-10-9-30-2)11-16(17)19(29)27(20)21/h3,6-7,11,13-14H,1,4-5,8-10,12H2,2H3,(H,22,23,24,25)/t14-/m1/s1. The Labute approximate surface area is 178 Å². The van der Waals surface area contributed by atoms with Crippen molar-refractivity contribution in [1.29, 1.82) is 0 Å². The van der Waals surface area contributed by atoms with Gasteiger partial charge in [-0.2, -0.15) is 0 Å². The lowest BCUT2D eigenvalue weighted by Gasteiger charge is -2.32. The van der Waals surface area contributed by atoms with E-state index in [0.717, 1.165) is 12.8 Å². The van der Waals surface area contributed by atoms with Gasteiger partial charge in [0, 0.05) is 26.2 Å². The molecule has 4 rings (SSSR count). The maximum absolute atomic E-state index is 13.3. The predicted molar refractivity (Wildman–Crippen MR) is 115 cm³/mol. The van der Waals surface area contributed by atoms with Gasteiger partial charge in [-0.25, -0.2) is 19.4 Å². The van der Waals surface area contributed by atoms with Crippen molar-refractivity contribution in [2.45, 2.75) is 18.9 Å². The van der Waals surface area contributed by atoms with Crippen molar-refractivity contribution >= 4 is 28.5 Å². The molecule has 1 aliphatic heterocycles. The van der Waals surface area contributed by atoms with Crippen LogP contribution in [0.1, 0.15) is 12.8 Å². The molecule has 0 spiro atoms. The summed E-state index contributed by atoms with van der Waals surface area (Å²) in [6, 6.07) is 5.10. The Morgan fingerprint density at radius 2 is 2.23 bits per heavy atom. The lowest BCUT2D eigenvalue weighted by molar-refractivity contribution is -0.127. The van der Waals surface area contributed by atoms with Gasteiger partial charge in [0.2, 0.25) is 17.6 Å². The molecule has 10 heteroatoms. The number of fused-ring (bicyclic) bond motifs is 2. The van der Waals surface area contributed by atoms with Crippen molar-refractivity contribution in [3.8, 4) is 5.75 Å². The molecule has 0 unspecified atom stereocenters. The van der Waals surface area contributed by atoms with Gasteiger partial charge in [-0.15, -0.1) is 0 Å². The first-order valence-electron chi connectivity index (χ1n) is 10.1. The van der Waals surface area contributed by atoms with Gasteiger partial charge in [0.15, 0.2) is 0 Å². The number of nitrogens with zero attached hydrogens (tertiary/aromatic N) is 5. The van der Waals surface area contributed by atoms with Crippen molar-refractivity contribution in [2.24, 2.45) is 0 Å². The number of hydrogen-bond donors (Lipinski definition) is 1. The van der Waals surface area contributed by atoms with Crippen molar-refractivity contribution in [1.82, 2.24) is 24.3 Å². The molecule has 31 heavy (non-hydrogen) atoms. The summed E-state index contributed by atoms with van der Waals surface area (Å²) in [5.74, 6) is 1.04. The lowest BCUT2D eigenvalue weighted by Crippen LogP contribution is -2.45. The number of aromatic nitrogens is 4. The smallest absolute Gasteiger partial charge is 0.269 e. The first-order chi connectivity index (χ1) is 15.1. The fraction of sp³-hybridized carbons (Fsp3) is 0.381. The fourth-order valence-electron chi connectivity index (χ4n) is 3.66. The van der Waals surface area contributed by atoms with Gasteiger partial charge in [0.1, 0.15) is 18.7 Å². The number of nitrogens with one attached hydrogen (secondary N) is 1. The Kier molecular flexibility index (Phi) is 6.08. The average Bonchev–Trinajstić information content (AvgIpc) is 2.79. The van der Waals surface area contributed by atoms with Gasteiger partial charge in [-0.3, -0.25) is 9.59 Å². The highest BCUT2D eigenvalue weighted by Gasteiger charge is 2.23. The zero-order valence-corrected chi connectivity index (χ0v) is 17.3. The van der Waals surface area contributed by atoms with Crippen LogP contribution in [0, 0.1) is 0 Å². The van der Waals surface area contributed by atoms with Crippen LogP contribution in [0.3, 0.4) is 0 Å². The van der Waals surface area contributed by atoms with Crippen LogP contribution in [0.5, 0.6) is 5.75 Å². The van der Waals surface area contributed by atoms with Crippen molar-refractivity contribution < 1.29 is 14.3 Å². The summed E-state index contributed by atoms with van der Waals surface area (Å²) in [5.41, 5.74) is 0.226. The van der Waals surface area contributed by atoms with Gasteiger partial charge in [0.05, 0.1) is 17.5 Å². The molecule has 3 aromatic rings. The topological polar surface area (TPSA) is 111 Å². The molecule has 0 aliphatic carbocycles. The highest BCUT2D eigenvalue weighted by Crippen LogP contribution is 2.19. The SMILES string of the molecule is C=CC(=O)N1CCC[C@@H](Nc2ncnc3nc4ccc(OCCOC)cc4c(=O)n23)C1.